The number of hydrogen-bond acceptors (Lipinski definition) is 4. The molecule has 0 aromatic heterocycles. The molecule has 0 saturated carbocycles. The summed E-state index contributed by atoms with van der Waals surface area (Å²) in [7, 11) is 1.73. The number of hydrogen-bond donors (Lipinski definition) is 1. The van der Waals surface area contributed by atoms with Gasteiger partial charge in [-0.2, -0.15) is 5.26 Å². The van der Waals surface area contributed by atoms with E-state index >= 15 is 0 Å². The van der Waals surface area contributed by atoms with E-state index in [0.717, 1.165) is 32.8 Å². The number of rotatable bonds is 4. The molecule has 86 valence electrons. The fourth-order valence-electron chi connectivity index (χ4n) is 1.97. The normalized spacial score (nSPS) is 28.3. The van der Waals surface area contributed by atoms with Crippen LogP contribution in [0.25, 0.3) is 0 Å². The first-order valence-corrected chi connectivity index (χ1v) is 5.58. The Morgan fingerprint density at radius 2 is 2.33 bits per heavy atom. The van der Waals surface area contributed by atoms with Gasteiger partial charge in [0, 0.05) is 32.8 Å². The first-order valence-electron chi connectivity index (χ1n) is 5.58. The predicted octanol–water partition coefficient (Wildman–Crippen LogP) is 0.456. The van der Waals surface area contributed by atoms with Crippen LogP contribution >= 0.6 is 0 Å². The van der Waals surface area contributed by atoms with E-state index in [0.29, 0.717) is 18.4 Å². The monoisotopic (exact) mass is 211 g/mol. The van der Waals surface area contributed by atoms with E-state index in [1.807, 2.05) is 0 Å². The number of nitriles is 1. The Bertz CT molecular complexity index is 214. The average molecular weight is 211 g/mol. The zero-order valence-corrected chi connectivity index (χ0v) is 9.70. The van der Waals surface area contributed by atoms with Crippen molar-refractivity contribution in [2.75, 3.05) is 39.9 Å². The van der Waals surface area contributed by atoms with E-state index in [1.165, 1.54) is 0 Å². The van der Waals surface area contributed by atoms with Crippen molar-refractivity contribution < 1.29 is 4.74 Å². The molecule has 1 saturated heterocycles. The van der Waals surface area contributed by atoms with Gasteiger partial charge < -0.3 is 10.1 Å². The van der Waals surface area contributed by atoms with Gasteiger partial charge in [0.25, 0.3) is 0 Å². The molecule has 0 radical (unpaired) electrons. The molecule has 1 rings (SSSR count). The van der Waals surface area contributed by atoms with Crippen LogP contribution in [0.15, 0.2) is 0 Å². The maximum absolute atomic E-state index is 8.71. The zero-order valence-electron chi connectivity index (χ0n) is 9.70. The predicted molar refractivity (Wildman–Crippen MR) is 59.5 cm³/mol. The summed E-state index contributed by atoms with van der Waals surface area (Å²) in [4.78, 5) is 2.39. The maximum Gasteiger partial charge on any atom is 0.0638 e. The minimum absolute atomic E-state index is 0.316. The summed E-state index contributed by atoms with van der Waals surface area (Å²) in [5.74, 6) is 0.644. The van der Waals surface area contributed by atoms with E-state index in [1.54, 1.807) is 7.11 Å². The highest BCUT2D eigenvalue weighted by molar-refractivity contribution is 4.86. The summed E-state index contributed by atoms with van der Waals surface area (Å²) in [5.41, 5.74) is 0. The summed E-state index contributed by atoms with van der Waals surface area (Å²) in [5, 5.41) is 12.1. The molecule has 1 fully saturated rings. The van der Waals surface area contributed by atoms with E-state index in [9.17, 15) is 0 Å². The number of ether oxygens (including phenoxy) is 1. The summed E-state index contributed by atoms with van der Waals surface area (Å²) < 4.78 is 5.09. The van der Waals surface area contributed by atoms with Crippen LogP contribution in [0.3, 0.4) is 0 Å². The Hall–Kier alpha value is -0.630. The van der Waals surface area contributed by atoms with Crippen LogP contribution in [0.4, 0.5) is 0 Å². The van der Waals surface area contributed by atoms with E-state index in [2.05, 4.69) is 23.2 Å². The second-order valence-electron chi connectivity index (χ2n) is 4.32. The van der Waals surface area contributed by atoms with Gasteiger partial charge in [-0.1, -0.05) is 6.92 Å². The van der Waals surface area contributed by atoms with Crippen LogP contribution in [0.1, 0.15) is 13.3 Å². The lowest BCUT2D eigenvalue weighted by molar-refractivity contribution is 0.141. The molecule has 15 heavy (non-hydrogen) atoms. The van der Waals surface area contributed by atoms with Crippen LogP contribution in [-0.4, -0.2) is 50.8 Å². The van der Waals surface area contributed by atoms with Crippen molar-refractivity contribution in [1.82, 2.24) is 10.2 Å². The second-order valence-corrected chi connectivity index (χ2v) is 4.32. The number of methoxy groups -OCH3 is 1. The minimum atomic E-state index is 0.316. The molecule has 0 amide bonds. The standard InChI is InChI=1S/C11H21N3O/c1-10-7-13-11(3-4-12)9-14(8-10)5-6-15-2/h10-11,13H,3,5-9H2,1-2H3. The van der Waals surface area contributed by atoms with Gasteiger partial charge in [0.1, 0.15) is 0 Å². The van der Waals surface area contributed by atoms with Crippen molar-refractivity contribution in [1.29, 1.82) is 5.26 Å². The molecule has 0 aromatic carbocycles. The molecule has 1 N–H and O–H groups in total. The highest BCUT2D eigenvalue weighted by Gasteiger charge is 2.20. The van der Waals surface area contributed by atoms with Crippen LogP contribution in [0.5, 0.6) is 0 Å². The quantitative estimate of drug-likeness (QED) is 0.734. The van der Waals surface area contributed by atoms with Crippen molar-refractivity contribution in [3.05, 3.63) is 0 Å². The van der Waals surface area contributed by atoms with E-state index in [-0.39, 0.29) is 0 Å². The fourth-order valence-corrected chi connectivity index (χ4v) is 1.97. The molecule has 0 aromatic rings. The lowest BCUT2D eigenvalue weighted by Crippen LogP contribution is -2.38. The van der Waals surface area contributed by atoms with Crippen LogP contribution in [0, 0.1) is 17.2 Å². The first kappa shape index (κ1) is 12.4. The molecule has 0 bridgehead atoms. The van der Waals surface area contributed by atoms with Gasteiger partial charge in [0.05, 0.1) is 19.1 Å². The van der Waals surface area contributed by atoms with Crippen molar-refractivity contribution in [2.45, 2.75) is 19.4 Å². The molecule has 1 aliphatic heterocycles. The van der Waals surface area contributed by atoms with Crippen molar-refractivity contribution in [3.8, 4) is 6.07 Å². The molecule has 2 atom stereocenters. The maximum atomic E-state index is 8.71. The summed E-state index contributed by atoms with van der Waals surface area (Å²) in [6.45, 7) is 7.04. The highest BCUT2D eigenvalue weighted by Crippen LogP contribution is 2.07. The number of nitrogens with zero attached hydrogens (tertiary/aromatic N) is 2. The van der Waals surface area contributed by atoms with Gasteiger partial charge >= 0.3 is 0 Å². The summed E-state index contributed by atoms with van der Waals surface area (Å²) in [6.07, 6.45) is 0.593. The SMILES string of the molecule is COCCN1CC(C)CNC(CC#N)C1. The molecule has 4 nitrogen and oxygen atoms in total. The molecule has 0 aliphatic carbocycles. The van der Waals surface area contributed by atoms with Gasteiger partial charge in [0.2, 0.25) is 0 Å². The Morgan fingerprint density at radius 1 is 1.53 bits per heavy atom. The first-order chi connectivity index (χ1) is 7.26. The van der Waals surface area contributed by atoms with Crippen LogP contribution in [0.2, 0.25) is 0 Å². The van der Waals surface area contributed by atoms with Crippen molar-refractivity contribution >= 4 is 0 Å². The summed E-state index contributed by atoms with van der Waals surface area (Å²) >= 11 is 0. The van der Waals surface area contributed by atoms with E-state index in [4.69, 9.17) is 10.00 Å². The fraction of sp³-hybridized carbons (Fsp3) is 0.909. The van der Waals surface area contributed by atoms with Crippen molar-refractivity contribution in [2.24, 2.45) is 5.92 Å². The third-order valence-corrected chi connectivity index (χ3v) is 2.75. The smallest absolute Gasteiger partial charge is 0.0638 e. The third kappa shape index (κ3) is 4.61. The second kappa shape index (κ2) is 6.78. The minimum Gasteiger partial charge on any atom is -0.383 e. The van der Waals surface area contributed by atoms with E-state index < -0.39 is 0 Å². The highest BCUT2D eigenvalue weighted by atomic mass is 16.5. The molecule has 1 aliphatic rings. The largest absolute Gasteiger partial charge is 0.383 e. The lowest BCUT2D eigenvalue weighted by Gasteiger charge is -2.23. The Morgan fingerprint density at radius 3 is 3.00 bits per heavy atom. The molecular weight excluding hydrogens is 190 g/mol. The molecular formula is C11H21N3O. The molecule has 0 spiro atoms. The molecule has 4 heteroatoms. The Balaban J connectivity index is 2.42. The Kier molecular flexibility index (Phi) is 5.62. The Labute approximate surface area is 92.2 Å². The summed E-state index contributed by atoms with van der Waals surface area (Å²) in [6, 6.07) is 2.55. The molecule has 2 unspecified atom stereocenters. The van der Waals surface area contributed by atoms with Gasteiger partial charge in [-0.3, -0.25) is 4.90 Å². The third-order valence-electron chi connectivity index (χ3n) is 2.75. The average Bonchev–Trinajstić information content (AvgIpc) is 2.38. The van der Waals surface area contributed by atoms with Crippen LogP contribution < -0.4 is 5.32 Å². The van der Waals surface area contributed by atoms with Gasteiger partial charge in [-0.05, 0) is 12.5 Å². The van der Waals surface area contributed by atoms with Crippen LogP contribution in [-0.2, 0) is 4.74 Å². The van der Waals surface area contributed by atoms with Gasteiger partial charge in [0.15, 0.2) is 0 Å². The lowest BCUT2D eigenvalue weighted by atomic mass is 10.2. The van der Waals surface area contributed by atoms with Crippen molar-refractivity contribution in [3.63, 3.8) is 0 Å². The number of nitrogens with one attached hydrogen (secondary N) is 1. The van der Waals surface area contributed by atoms with Gasteiger partial charge in [-0.25, -0.2) is 0 Å². The zero-order chi connectivity index (χ0) is 11.1. The molecule has 1 heterocycles. The topological polar surface area (TPSA) is 48.3 Å². The van der Waals surface area contributed by atoms with Gasteiger partial charge in [-0.15, -0.1) is 0 Å².